The number of carbonyl (C=O) groups is 1. The van der Waals surface area contributed by atoms with Gasteiger partial charge in [-0.05, 0) is 30.7 Å². The minimum Gasteiger partial charge on any atom is -0.478 e. The van der Waals surface area contributed by atoms with E-state index in [0.717, 1.165) is 0 Å². The van der Waals surface area contributed by atoms with Gasteiger partial charge < -0.3 is 5.11 Å². The molecule has 1 N–H and O–H groups in total. The van der Waals surface area contributed by atoms with Crippen LogP contribution in [0.5, 0.6) is 0 Å². The van der Waals surface area contributed by atoms with Crippen LogP contribution in [0.4, 0.5) is 0 Å². The first-order chi connectivity index (χ1) is 8.93. The van der Waals surface area contributed by atoms with E-state index < -0.39 is 16.0 Å². The summed E-state index contributed by atoms with van der Waals surface area (Å²) >= 11 is 0. The monoisotopic (exact) mass is 283 g/mol. The fraction of sp³-hybridized carbons (Fsp3) is 0.308. The number of aromatic carboxylic acids is 1. The van der Waals surface area contributed by atoms with Gasteiger partial charge in [0.1, 0.15) is 0 Å². The number of hydrogen-bond donors (Lipinski definition) is 1. The summed E-state index contributed by atoms with van der Waals surface area (Å²) in [6.07, 6.45) is 2.22. The summed E-state index contributed by atoms with van der Waals surface area (Å²) in [6.45, 7) is 6.06. The highest BCUT2D eigenvalue weighted by molar-refractivity contribution is 7.89. The zero-order chi connectivity index (χ0) is 14.5. The predicted molar refractivity (Wildman–Crippen MR) is 72.6 cm³/mol. The van der Waals surface area contributed by atoms with Crippen molar-refractivity contribution in [2.45, 2.75) is 18.2 Å². The van der Waals surface area contributed by atoms with Gasteiger partial charge in [-0.1, -0.05) is 13.0 Å². The maximum atomic E-state index is 12.3. The topological polar surface area (TPSA) is 74.7 Å². The van der Waals surface area contributed by atoms with E-state index in [2.05, 4.69) is 6.58 Å². The van der Waals surface area contributed by atoms with Gasteiger partial charge in [0, 0.05) is 13.1 Å². The molecule has 5 nitrogen and oxygen atoms in total. The molecular weight excluding hydrogens is 266 g/mol. The van der Waals surface area contributed by atoms with Crippen LogP contribution in [0.1, 0.15) is 23.7 Å². The lowest BCUT2D eigenvalue weighted by Crippen LogP contribution is -2.32. The lowest BCUT2D eigenvalue weighted by molar-refractivity contribution is 0.0696. The van der Waals surface area contributed by atoms with Crippen molar-refractivity contribution in [3.8, 4) is 0 Å². The van der Waals surface area contributed by atoms with Gasteiger partial charge in [-0.2, -0.15) is 4.31 Å². The minimum absolute atomic E-state index is 0.0599. The summed E-state index contributed by atoms with van der Waals surface area (Å²) in [5, 5.41) is 8.78. The van der Waals surface area contributed by atoms with Gasteiger partial charge in [0.15, 0.2) is 0 Å². The number of hydrogen-bond acceptors (Lipinski definition) is 3. The summed E-state index contributed by atoms with van der Waals surface area (Å²) in [7, 11) is -3.60. The van der Waals surface area contributed by atoms with E-state index in [-0.39, 0.29) is 17.0 Å². The molecular formula is C13H17NO4S. The fourth-order valence-electron chi connectivity index (χ4n) is 1.62. The van der Waals surface area contributed by atoms with Crippen molar-refractivity contribution in [2.24, 2.45) is 0 Å². The van der Waals surface area contributed by atoms with E-state index in [1.807, 2.05) is 6.92 Å². The van der Waals surface area contributed by atoms with Crippen LogP contribution in [-0.4, -0.2) is 36.9 Å². The summed E-state index contributed by atoms with van der Waals surface area (Å²) in [5.41, 5.74) is 0.0599. The molecule has 0 aliphatic carbocycles. The second-order valence-electron chi connectivity index (χ2n) is 3.98. The molecule has 0 spiro atoms. The summed E-state index contributed by atoms with van der Waals surface area (Å²) < 4.78 is 26.0. The average Bonchev–Trinajstić information content (AvgIpc) is 2.38. The molecule has 0 saturated heterocycles. The smallest absolute Gasteiger partial charge is 0.335 e. The van der Waals surface area contributed by atoms with Crippen LogP contribution in [0.3, 0.4) is 0 Å². The van der Waals surface area contributed by atoms with Crippen molar-refractivity contribution in [3.63, 3.8) is 0 Å². The Morgan fingerprint density at radius 1 is 1.37 bits per heavy atom. The Labute approximate surface area is 113 Å². The van der Waals surface area contributed by atoms with E-state index in [1.54, 1.807) is 0 Å². The Morgan fingerprint density at radius 3 is 2.37 bits per heavy atom. The first-order valence-electron chi connectivity index (χ1n) is 5.88. The van der Waals surface area contributed by atoms with Crippen molar-refractivity contribution in [2.75, 3.05) is 13.1 Å². The number of rotatable bonds is 7. The fourth-order valence-corrected chi connectivity index (χ4v) is 3.12. The molecule has 0 fully saturated rings. The second kappa shape index (κ2) is 6.49. The SMILES string of the molecule is C=CCN(CCC)S(=O)(=O)c1ccc(C(=O)O)cc1. The first-order valence-corrected chi connectivity index (χ1v) is 7.32. The highest BCUT2D eigenvalue weighted by atomic mass is 32.2. The third-order valence-corrected chi connectivity index (χ3v) is 4.42. The Kier molecular flexibility index (Phi) is 5.26. The number of carboxylic acids is 1. The summed E-state index contributed by atoms with van der Waals surface area (Å²) in [4.78, 5) is 10.8. The van der Waals surface area contributed by atoms with Crippen molar-refractivity contribution in [1.82, 2.24) is 4.31 Å². The van der Waals surface area contributed by atoms with Crippen LogP contribution in [0.15, 0.2) is 41.8 Å². The van der Waals surface area contributed by atoms with Gasteiger partial charge in [-0.3, -0.25) is 0 Å². The Balaban J connectivity index is 3.10. The molecule has 1 aromatic rings. The normalized spacial score (nSPS) is 11.5. The lowest BCUT2D eigenvalue weighted by Gasteiger charge is -2.20. The van der Waals surface area contributed by atoms with Crippen LogP contribution in [0.2, 0.25) is 0 Å². The molecule has 0 aromatic heterocycles. The molecule has 0 bridgehead atoms. The molecule has 0 amide bonds. The van der Waals surface area contributed by atoms with Crippen LogP contribution >= 0.6 is 0 Å². The van der Waals surface area contributed by atoms with Crippen LogP contribution in [0.25, 0.3) is 0 Å². The van der Waals surface area contributed by atoms with Gasteiger partial charge in [-0.25, -0.2) is 13.2 Å². The quantitative estimate of drug-likeness (QED) is 0.776. The zero-order valence-corrected chi connectivity index (χ0v) is 11.6. The third-order valence-electron chi connectivity index (χ3n) is 2.54. The Morgan fingerprint density at radius 2 is 1.95 bits per heavy atom. The maximum absolute atomic E-state index is 12.3. The average molecular weight is 283 g/mol. The standard InChI is InChI=1S/C13H17NO4S/c1-3-9-14(10-4-2)19(17,18)12-7-5-11(6-8-12)13(15)16/h3,5-8H,1,4,9-10H2,2H3,(H,15,16). The summed E-state index contributed by atoms with van der Waals surface area (Å²) in [5.74, 6) is -1.08. The number of benzene rings is 1. The van der Waals surface area contributed by atoms with E-state index in [4.69, 9.17) is 5.11 Å². The van der Waals surface area contributed by atoms with Crippen LogP contribution < -0.4 is 0 Å². The van der Waals surface area contributed by atoms with E-state index in [1.165, 1.54) is 34.6 Å². The van der Waals surface area contributed by atoms with Gasteiger partial charge in [0.25, 0.3) is 0 Å². The van der Waals surface area contributed by atoms with E-state index >= 15 is 0 Å². The molecule has 1 rings (SSSR count). The summed E-state index contributed by atoms with van der Waals surface area (Å²) in [6, 6.07) is 5.19. The zero-order valence-electron chi connectivity index (χ0n) is 10.7. The molecule has 0 aliphatic heterocycles. The molecule has 1 aromatic carbocycles. The third kappa shape index (κ3) is 3.65. The van der Waals surface area contributed by atoms with Gasteiger partial charge in [0.2, 0.25) is 10.0 Å². The first kappa shape index (κ1) is 15.4. The maximum Gasteiger partial charge on any atom is 0.335 e. The molecule has 0 aliphatic rings. The van der Waals surface area contributed by atoms with E-state index in [0.29, 0.717) is 13.0 Å². The Hall–Kier alpha value is -1.66. The van der Waals surface area contributed by atoms with Crippen molar-refractivity contribution < 1.29 is 18.3 Å². The Bertz CT molecular complexity index is 549. The van der Waals surface area contributed by atoms with Gasteiger partial charge in [0.05, 0.1) is 10.5 Å². The molecule has 0 saturated carbocycles. The molecule has 0 atom stereocenters. The van der Waals surface area contributed by atoms with Crippen molar-refractivity contribution in [3.05, 3.63) is 42.5 Å². The number of sulfonamides is 1. The lowest BCUT2D eigenvalue weighted by atomic mass is 10.2. The highest BCUT2D eigenvalue weighted by Gasteiger charge is 2.22. The number of nitrogens with zero attached hydrogens (tertiary/aromatic N) is 1. The van der Waals surface area contributed by atoms with Crippen molar-refractivity contribution >= 4 is 16.0 Å². The van der Waals surface area contributed by atoms with E-state index in [9.17, 15) is 13.2 Å². The second-order valence-corrected chi connectivity index (χ2v) is 5.92. The molecule has 0 radical (unpaired) electrons. The molecule has 104 valence electrons. The number of carboxylic acid groups (broad SMARTS) is 1. The highest BCUT2D eigenvalue weighted by Crippen LogP contribution is 2.17. The molecule has 19 heavy (non-hydrogen) atoms. The largest absolute Gasteiger partial charge is 0.478 e. The van der Waals surface area contributed by atoms with Gasteiger partial charge in [-0.15, -0.1) is 6.58 Å². The molecule has 0 heterocycles. The van der Waals surface area contributed by atoms with Crippen molar-refractivity contribution in [1.29, 1.82) is 0 Å². The molecule has 6 heteroatoms. The van der Waals surface area contributed by atoms with Crippen LogP contribution in [-0.2, 0) is 10.0 Å². The molecule has 0 unspecified atom stereocenters. The van der Waals surface area contributed by atoms with Crippen LogP contribution in [0, 0.1) is 0 Å². The minimum atomic E-state index is -3.60. The predicted octanol–water partition coefficient (Wildman–Crippen LogP) is 1.97. The van der Waals surface area contributed by atoms with Gasteiger partial charge >= 0.3 is 5.97 Å².